The number of hydrogen-bond donors (Lipinski definition) is 1. The number of amides is 1. The molecule has 1 fully saturated rings. The third-order valence-corrected chi connectivity index (χ3v) is 6.55. The Bertz CT molecular complexity index is 1160. The number of likely N-dealkylation sites (tertiary alicyclic amines) is 1. The van der Waals surface area contributed by atoms with Crippen molar-refractivity contribution in [2.24, 2.45) is 0 Å². The van der Waals surface area contributed by atoms with Crippen LogP contribution in [0.2, 0.25) is 0 Å². The first-order valence-corrected chi connectivity index (χ1v) is 12.1. The second kappa shape index (κ2) is 10.3. The zero-order chi connectivity index (χ0) is 23.4. The summed E-state index contributed by atoms with van der Waals surface area (Å²) >= 11 is 0. The minimum Gasteiger partial charge on any atom is -0.353 e. The second-order valence-electron chi connectivity index (χ2n) is 8.86. The summed E-state index contributed by atoms with van der Waals surface area (Å²) in [5.74, 6) is -0.159. The highest BCUT2D eigenvalue weighted by Crippen LogP contribution is 2.21. The Morgan fingerprint density at radius 1 is 1.06 bits per heavy atom. The first-order chi connectivity index (χ1) is 16.0. The van der Waals surface area contributed by atoms with Crippen LogP contribution in [0.15, 0.2) is 35.1 Å². The van der Waals surface area contributed by atoms with Gasteiger partial charge >= 0.3 is 0 Å². The summed E-state index contributed by atoms with van der Waals surface area (Å²) in [6, 6.07) is 9.07. The van der Waals surface area contributed by atoms with Gasteiger partial charge in [0.05, 0.1) is 22.5 Å². The Labute approximate surface area is 194 Å². The van der Waals surface area contributed by atoms with Gasteiger partial charge in [0.1, 0.15) is 11.6 Å². The summed E-state index contributed by atoms with van der Waals surface area (Å²) in [5.41, 5.74) is 2.57. The number of carbonyl (C=O) groups excluding carboxylic acids is 1. The van der Waals surface area contributed by atoms with Crippen LogP contribution in [0.1, 0.15) is 56.5 Å². The molecular formula is C25H34N6O2. The number of nitrogens with one attached hydrogen (secondary N) is 1. The maximum Gasteiger partial charge on any atom is 0.278 e. The number of hydrogen-bond acceptors (Lipinski definition) is 5. The van der Waals surface area contributed by atoms with Crippen molar-refractivity contribution in [3.63, 3.8) is 0 Å². The quantitative estimate of drug-likeness (QED) is 0.598. The Balaban J connectivity index is 1.58. The van der Waals surface area contributed by atoms with Gasteiger partial charge < -0.3 is 10.2 Å². The monoisotopic (exact) mass is 450 g/mol. The average molecular weight is 451 g/mol. The summed E-state index contributed by atoms with van der Waals surface area (Å²) in [6.45, 7) is 9.23. The number of benzene rings is 1. The predicted molar refractivity (Wildman–Crippen MR) is 130 cm³/mol. The first-order valence-electron chi connectivity index (χ1n) is 12.1. The molecule has 1 atom stereocenters. The minimum atomic E-state index is -0.649. The van der Waals surface area contributed by atoms with Crippen LogP contribution in [0, 0.1) is 13.8 Å². The summed E-state index contributed by atoms with van der Waals surface area (Å²) in [7, 11) is 0. The first kappa shape index (κ1) is 23.2. The van der Waals surface area contributed by atoms with Gasteiger partial charge in [-0.05, 0) is 58.3 Å². The van der Waals surface area contributed by atoms with Crippen molar-refractivity contribution in [1.29, 1.82) is 0 Å². The average Bonchev–Trinajstić information content (AvgIpc) is 2.98. The van der Waals surface area contributed by atoms with Crippen molar-refractivity contribution in [3.8, 4) is 5.69 Å². The van der Waals surface area contributed by atoms with E-state index in [9.17, 15) is 9.59 Å². The van der Waals surface area contributed by atoms with E-state index in [0.29, 0.717) is 29.6 Å². The molecule has 0 radical (unpaired) electrons. The fourth-order valence-electron chi connectivity index (χ4n) is 4.70. The molecule has 3 heterocycles. The van der Waals surface area contributed by atoms with Gasteiger partial charge in [-0.2, -0.15) is 10.2 Å². The number of fused-ring (bicyclic) bond motifs is 1. The van der Waals surface area contributed by atoms with Crippen molar-refractivity contribution in [2.75, 3.05) is 26.2 Å². The van der Waals surface area contributed by atoms with E-state index in [-0.39, 0.29) is 11.5 Å². The van der Waals surface area contributed by atoms with Crippen LogP contribution in [0.5, 0.6) is 0 Å². The van der Waals surface area contributed by atoms with E-state index in [2.05, 4.69) is 20.4 Å². The van der Waals surface area contributed by atoms with E-state index in [4.69, 9.17) is 0 Å². The lowest BCUT2D eigenvalue weighted by Gasteiger charge is -2.21. The highest BCUT2D eigenvalue weighted by molar-refractivity contribution is 5.84. The van der Waals surface area contributed by atoms with Crippen LogP contribution in [-0.4, -0.2) is 56.5 Å². The van der Waals surface area contributed by atoms with Gasteiger partial charge in [-0.15, -0.1) is 0 Å². The lowest BCUT2D eigenvalue weighted by atomic mass is 10.2. The molecule has 1 amide bonds. The lowest BCUT2D eigenvalue weighted by Crippen LogP contribution is -2.41. The summed E-state index contributed by atoms with van der Waals surface area (Å²) in [4.78, 5) is 28.9. The van der Waals surface area contributed by atoms with Gasteiger partial charge in [-0.3, -0.25) is 9.59 Å². The van der Waals surface area contributed by atoms with E-state index < -0.39 is 6.04 Å². The fraction of sp³-hybridized carbons (Fsp3) is 0.520. The standard InChI is InChI=1S/C25H34N6O2/c1-4-21(24(32)26-14-17-29-15-10-5-6-11-16-29)31-25(33)22-19(3)30(20-12-8-7-9-13-20)28-23(22)18(2)27-31/h7-9,12-13,21H,4-6,10-11,14-17H2,1-3H3,(H,26,32). The molecule has 33 heavy (non-hydrogen) atoms. The Kier molecular flexibility index (Phi) is 7.23. The molecule has 1 N–H and O–H groups in total. The molecular weight excluding hydrogens is 416 g/mol. The summed E-state index contributed by atoms with van der Waals surface area (Å²) in [5, 5.41) is 12.7. The van der Waals surface area contributed by atoms with Crippen LogP contribution in [-0.2, 0) is 4.79 Å². The van der Waals surface area contributed by atoms with E-state index in [1.165, 1.54) is 30.4 Å². The third-order valence-electron chi connectivity index (χ3n) is 6.55. The van der Waals surface area contributed by atoms with Crippen molar-refractivity contribution in [3.05, 3.63) is 52.1 Å². The van der Waals surface area contributed by atoms with Gasteiger partial charge in [-0.25, -0.2) is 9.36 Å². The van der Waals surface area contributed by atoms with Crippen molar-refractivity contribution < 1.29 is 4.79 Å². The summed E-state index contributed by atoms with van der Waals surface area (Å²) in [6.07, 6.45) is 5.51. The van der Waals surface area contributed by atoms with Gasteiger partial charge in [0.15, 0.2) is 0 Å². The molecule has 0 spiro atoms. The van der Waals surface area contributed by atoms with E-state index in [1.54, 1.807) is 4.68 Å². The molecule has 8 nitrogen and oxygen atoms in total. The fourth-order valence-corrected chi connectivity index (χ4v) is 4.70. The number of nitrogens with zero attached hydrogens (tertiary/aromatic N) is 5. The number of aryl methyl sites for hydroxylation is 2. The Morgan fingerprint density at radius 2 is 1.76 bits per heavy atom. The van der Waals surface area contributed by atoms with Crippen LogP contribution in [0.3, 0.4) is 0 Å². The predicted octanol–water partition coefficient (Wildman–Crippen LogP) is 3.14. The highest BCUT2D eigenvalue weighted by Gasteiger charge is 2.25. The molecule has 1 unspecified atom stereocenters. The topological polar surface area (TPSA) is 85.1 Å². The number of aromatic nitrogens is 4. The zero-order valence-electron chi connectivity index (χ0n) is 19.9. The Morgan fingerprint density at radius 3 is 2.42 bits per heavy atom. The van der Waals surface area contributed by atoms with Gasteiger partial charge in [0, 0.05) is 13.1 Å². The smallest absolute Gasteiger partial charge is 0.278 e. The zero-order valence-corrected chi connectivity index (χ0v) is 19.9. The number of para-hydroxylation sites is 1. The SMILES string of the molecule is CCC(C(=O)NCCN1CCCCCC1)n1nc(C)c2nn(-c3ccccc3)c(C)c2c1=O. The third kappa shape index (κ3) is 4.85. The van der Waals surface area contributed by atoms with Crippen LogP contribution < -0.4 is 10.9 Å². The molecule has 0 saturated carbocycles. The highest BCUT2D eigenvalue weighted by atomic mass is 16.2. The molecule has 4 rings (SSSR count). The van der Waals surface area contributed by atoms with Crippen LogP contribution in [0.25, 0.3) is 16.6 Å². The lowest BCUT2D eigenvalue weighted by molar-refractivity contribution is -0.124. The van der Waals surface area contributed by atoms with Gasteiger partial charge in [0.25, 0.3) is 5.56 Å². The molecule has 1 saturated heterocycles. The van der Waals surface area contributed by atoms with Crippen molar-refractivity contribution in [1.82, 2.24) is 29.8 Å². The molecule has 8 heteroatoms. The number of carbonyl (C=O) groups is 1. The van der Waals surface area contributed by atoms with E-state index in [0.717, 1.165) is 31.0 Å². The maximum absolute atomic E-state index is 13.5. The van der Waals surface area contributed by atoms with Crippen molar-refractivity contribution in [2.45, 2.75) is 58.9 Å². The molecule has 1 aliphatic rings. The largest absolute Gasteiger partial charge is 0.353 e. The van der Waals surface area contributed by atoms with Gasteiger partial charge in [0.2, 0.25) is 5.91 Å². The molecule has 1 aliphatic heterocycles. The normalized spacial score (nSPS) is 16.0. The number of rotatable bonds is 7. The molecule has 2 aromatic heterocycles. The van der Waals surface area contributed by atoms with Crippen LogP contribution >= 0.6 is 0 Å². The van der Waals surface area contributed by atoms with Crippen molar-refractivity contribution >= 4 is 16.8 Å². The summed E-state index contributed by atoms with van der Waals surface area (Å²) < 4.78 is 3.12. The molecule has 176 valence electrons. The molecule has 1 aromatic carbocycles. The van der Waals surface area contributed by atoms with E-state index >= 15 is 0 Å². The molecule has 0 aliphatic carbocycles. The van der Waals surface area contributed by atoms with Crippen LogP contribution in [0.4, 0.5) is 0 Å². The molecule has 0 bridgehead atoms. The minimum absolute atomic E-state index is 0.159. The molecule has 3 aromatic rings. The second-order valence-corrected chi connectivity index (χ2v) is 8.86. The Hall–Kier alpha value is -3.00. The van der Waals surface area contributed by atoms with Gasteiger partial charge in [-0.1, -0.05) is 38.0 Å². The maximum atomic E-state index is 13.5. The van der Waals surface area contributed by atoms with E-state index in [1.807, 2.05) is 51.1 Å².